The van der Waals surface area contributed by atoms with Crippen molar-refractivity contribution in [3.63, 3.8) is 0 Å². The number of benzene rings is 1. The first kappa shape index (κ1) is 19.4. The Morgan fingerprint density at radius 3 is 2.81 bits per heavy atom. The molecule has 2 aromatic rings. The number of hydrogen-bond acceptors (Lipinski definition) is 5. The molecule has 146 valence electrons. The fourth-order valence-corrected chi connectivity index (χ4v) is 3.74. The van der Waals surface area contributed by atoms with Gasteiger partial charge in [0.1, 0.15) is 18.0 Å². The lowest BCUT2D eigenvalue weighted by atomic mass is 10.1. The van der Waals surface area contributed by atoms with Crippen molar-refractivity contribution in [3.05, 3.63) is 35.1 Å². The first-order valence-electron chi connectivity index (χ1n) is 9.33. The van der Waals surface area contributed by atoms with Crippen LogP contribution < -0.4 is 10.6 Å². The highest BCUT2D eigenvalue weighted by Crippen LogP contribution is 2.29. The molecular weight excluding hydrogens is 346 g/mol. The summed E-state index contributed by atoms with van der Waals surface area (Å²) >= 11 is 0. The lowest BCUT2D eigenvalue weighted by molar-refractivity contribution is -0.126. The van der Waals surface area contributed by atoms with E-state index in [9.17, 15) is 9.59 Å². The quantitative estimate of drug-likeness (QED) is 0.708. The van der Waals surface area contributed by atoms with E-state index in [2.05, 4.69) is 16.7 Å². The molecule has 1 saturated heterocycles. The Morgan fingerprint density at radius 2 is 2.11 bits per heavy atom. The molecule has 1 aromatic heterocycles. The molecule has 1 aliphatic rings. The molecule has 0 bridgehead atoms. The van der Waals surface area contributed by atoms with Crippen LogP contribution in [0.5, 0.6) is 0 Å². The minimum atomic E-state index is -0.551. The fourth-order valence-electron chi connectivity index (χ4n) is 3.74. The molecule has 0 unspecified atom stereocenters. The standard InChI is InChI=1S/C20H27N3O4/c1-4-21-20(26)16-8-14(22-19(25)11-24)9-23(16)10-18-13(3)15-7-12(2)5-6-17(15)27-18/h5-7,14,16,24H,4,8-11H2,1-3H3,(H,21,26)(H,22,25)/t14-,16-/m0/s1. The molecule has 0 aliphatic carbocycles. The molecule has 2 heterocycles. The van der Waals surface area contributed by atoms with Crippen molar-refractivity contribution >= 4 is 22.8 Å². The van der Waals surface area contributed by atoms with Crippen LogP contribution in [0.15, 0.2) is 22.6 Å². The lowest BCUT2D eigenvalue weighted by Gasteiger charge is -2.22. The Labute approximate surface area is 158 Å². The number of rotatable bonds is 6. The highest BCUT2D eigenvalue weighted by atomic mass is 16.3. The molecule has 7 nitrogen and oxygen atoms in total. The van der Waals surface area contributed by atoms with Crippen molar-refractivity contribution < 1.29 is 19.1 Å². The molecule has 1 aliphatic heterocycles. The van der Waals surface area contributed by atoms with Crippen molar-refractivity contribution in [1.82, 2.24) is 15.5 Å². The smallest absolute Gasteiger partial charge is 0.245 e. The number of fused-ring (bicyclic) bond motifs is 1. The second kappa shape index (κ2) is 8.10. The van der Waals surface area contributed by atoms with Gasteiger partial charge in [0.2, 0.25) is 11.8 Å². The van der Waals surface area contributed by atoms with Crippen LogP contribution in [0.4, 0.5) is 0 Å². The highest BCUT2D eigenvalue weighted by Gasteiger charge is 2.37. The summed E-state index contributed by atoms with van der Waals surface area (Å²) in [6.45, 7) is 6.99. The minimum absolute atomic E-state index is 0.0529. The van der Waals surface area contributed by atoms with E-state index < -0.39 is 12.5 Å². The first-order valence-corrected chi connectivity index (χ1v) is 9.33. The zero-order chi connectivity index (χ0) is 19.6. The summed E-state index contributed by atoms with van der Waals surface area (Å²) in [5, 5.41) is 15.7. The van der Waals surface area contributed by atoms with Crippen LogP contribution in [-0.4, -0.2) is 53.6 Å². The number of aliphatic hydroxyl groups is 1. The number of carbonyl (C=O) groups is 2. The summed E-state index contributed by atoms with van der Waals surface area (Å²) in [6, 6.07) is 5.57. The average molecular weight is 373 g/mol. The van der Waals surface area contributed by atoms with Gasteiger partial charge in [-0.25, -0.2) is 0 Å². The van der Waals surface area contributed by atoms with Gasteiger partial charge in [-0.3, -0.25) is 14.5 Å². The SMILES string of the molecule is CCNC(=O)[C@@H]1C[C@H](NC(=O)CO)CN1Cc1oc2ccc(C)cc2c1C. The largest absolute Gasteiger partial charge is 0.459 e. The molecule has 0 saturated carbocycles. The van der Waals surface area contributed by atoms with Gasteiger partial charge in [0.15, 0.2) is 0 Å². The van der Waals surface area contributed by atoms with E-state index in [1.54, 1.807) is 0 Å². The predicted octanol–water partition coefficient (Wildman–Crippen LogP) is 1.24. The van der Waals surface area contributed by atoms with E-state index in [0.29, 0.717) is 26.1 Å². The number of amides is 2. The van der Waals surface area contributed by atoms with Crippen molar-refractivity contribution in [2.45, 2.75) is 45.8 Å². The summed E-state index contributed by atoms with van der Waals surface area (Å²) in [4.78, 5) is 26.1. The summed E-state index contributed by atoms with van der Waals surface area (Å²) in [6.07, 6.45) is 0.510. The van der Waals surface area contributed by atoms with Gasteiger partial charge < -0.3 is 20.2 Å². The Morgan fingerprint density at radius 1 is 1.33 bits per heavy atom. The third-order valence-corrected chi connectivity index (χ3v) is 5.10. The predicted molar refractivity (Wildman–Crippen MR) is 102 cm³/mol. The van der Waals surface area contributed by atoms with Crippen molar-refractivity contribution in [1.29, 1.82) is 0 Å². The van der Waals surface area contributed by atoms with Crippen LogP contribution in [0.3, 0.4) is 0 Å². The maximum absolute atomic E-state index is 12.5. The van der Waals surface area contributed by atoms with Crippen LogP contribution in [0, 0.1) is 13.8 Å². The zero-order valence-electron chi connectivity index (χ0n) is 16.0. The monoisotopic (exact) mass is 373 g/mol. The van der Waals surface area contributed by atoms with Crippen molar-refractivity contribution in [2.24, 2.45) is 0 Å². The van der Waals surface area contributed by atoms with Crippen LogP contribution >= 0.6 is 0 Å². The first-order chi connectivity index (χ1) is 12.9. The molecule has 2 amide bonds. The number of nitrogens with zero attached hydrogens (tertiary/aromatic N) is 1. The van der Waals surface area contributed by atoms with Gasteiger partial charge in [-0.15, -0.1) is 0 Å². The summed E-state index contributed by atoms with van der Waals surface area (Å²) < 4.78 is 6.04. The molecule has 0 spiro atoms. The van der Waals surface area contributed by atoms with Gasteiger partial charge >= 0.3 is 0 Å². The maximum Gasteiger partial charge on any atom is 0.245 e. The van der Waals surface area contributed by atoms with E-state index in [1.807, 2.05) is 37.8 Å². The van der Waals surface area contributed by atoms with E-state index in [-0.39, 0.29) is 18.0 Å². The van der Waals surface area contributed by atoms with E-state index >= 15 is 0 Å². The Balaban J connectivity index is 1.82. The van der Waals surface area contributed by atoms with Gasteiger partial charge in [0, 0.05) is 24.5 Å². The molecule has 3 N–H and O–H groups in total. The second-order valence-electron chi connectivity index (χ2n) is 7.15. The summed E-state index contributed by atoms with van der Waals surface area (Å²) in [5.74, 6) is 0.355. The van der Waals surface area contributed by atoms with E-state index in [4.69, 9.17) is 9.52 Å². The molecule has 1 aromatic carbocycles. The molecule has 3 rings (SSSR count). The number of hydrogen-bond donors (Lipinski definition) is 3. The second-order valence-corrected chi connectivity index (χ2v) is 7.15. The Bertz CT molecular complexity index is 845. The highest BCUT2D eigenvalue weighted by molar-refractivity contribution is 5.84. The summed E-state index contributed by atoms with van der Waals surface area (Å²) in [5.41, 5.74) is 3.09. The number of aliphatic hydroxyl groups excluding tert-OH is 1. The molecule has 7 heteroatoms. The van der Waals surface area contributed by atoms with Crippen LogP contribution in [0.1, 0.15) is 30.2 Å². The van der Waals surface area contributed by atoms with E-state index in [0.717, 1.165) is 22.3 Å². The van der Waals surface area contributed by atoms with Gasteiger partial charge in [-0.05, 0) is 44.9 Å². The number of aryl methyl sites for hydroxylation is 2. The van der Waals surface area contributed by atoms with Crippen LogP contribution in [-0.2, 0) is 16.1 Å². The third kappa shape index (κ3) is 4.14. The topological polar surface area (TPSA) is 94.8 Å². The van der Waals surface area contributed by atoms with Crippen LogP contribution in [0.25, 0.3) is 11.0 Å². The number of likely N-dealkylation sites (tertiary alicyclic amines) is 1. The average Bonchev–Trinajstić information content (AvgIpc) is 3.17. The normalized spacial score (nSPS) is 20.1. The Hall–Kier alpha value is -2.38. The van der Waals surface area contributed by atoms with E-state index in [1.165, 1.54) is 5.56 Å². The molecule has 1 fully saturated rings. The summed E-state index contributed by atoms with van der Waals surface area (Å²) in [7, 11) is 0. The molecule has 27 heavy (non-hydrogen) atoms. The van der Waals surface area contributed by atoms with Crippen LogP contribution in [0.2, 0.25) is 0 Å². The minimum Gasteiger partial charge on any atom is -0.459 e. The van der Waals surface area contributed by atoms with Gasteiger partial charge in [0.25, 0.3) is 0 Å². The molecule has 2 atom stereocenters. The number of carbonyl (C=O) groups excluding carboxylic acids is 2. The number of nitrogens with one attached hydrogen (secondary N) is 2. The third-order valence-electron chi connectivity index (χ3n) is 5.10. The van der Waals surface area contributed by atoms with Crippen molar-refractivity contribution in [3.8, 4) is 0 Å². The van der Waals surface area contributed by atoms with Gasteiger partial charge in [0.05, 0.1) is 12.6 Å². The number of furan rings is 1. The zero-order valence-corrected chi connectivity index (χ0v) is 16.0. The Kier molecular flexibility index (Phi) is 5.82. The van der Waals surface area contributed by atoms with Gasteiger partial charge in [-0.1, -0.05) is 11.6 Å². The molecule has 0 radical (unpaired) electrons. The molecular formula is C20H27N3O4. The maximum atomic E-state index is 12.5. The fraction of sp³-hybridized carbons (Fsp3) is 0.500. The van der Waals surface area contributed by atoms with Gasteiger partial charge in [-0.2, -0.15) is 0 Å². The van der Waals surface area contributed by atoms with Crippen molar-refractivity contribution in [2.75, 3.05) is 19.7 Å². The number of likely N-dealkylation sites (N-methyl/N-ethyl adjacent to an activating group) is 1. The lowest BCUT2D eigenvalue weighted by Crippen LogP contribution is -2.42.